The van der Waals surface area contributed by atoms with E-state index in [0.717, 1.165) is 56.7 Å². The second kappa shape index (κ2) is 6.99. The highest BCUT2D eigenvalue weighted by Crippen LogP contribution is 2.41. The summed E-state index contributed by atoms with van der Waals surface area (Å²) in [5.74, 6) is 0.648. The molecule has 5 nitrogen and oxygen atoms in total. The number of aromatic amines is 1. The molecule has 140 valence electrons. The van der Waals surface area contributed by atoms with Gasteiger partial charge < -0.3 is 10.2 Å². The first-order chi connectivity index (χ1) is 12.6. The molecule has 3 heterocycles. The third-order valence-corrected chi connectivity index (χ3v) is 6.35. The summed E-state index contributed by atoms with van der Waals surface area (Å²) in [4.78, 5) is 14.9. The number of halogens is 1. The number of piperidine rings is 1. The van der Waals surface area contributed by atoms with Crippen LogP contribution in [0.1, 0.15) is 48.4 Å². The molecule has 1 fully saturated rings. The number of amides is 1. The number of H-pyrrole nitrogens is 1. The smallest absolute Gasteiger partial charge is 0.274 e. The van der Waals surface area contributed by atoms with Crippen molar-refractivity contribution in [3.63, 3.8) is 0 Å². The molecule has 1 aromatic rings. The average molecular weight is 358 g/mol. The van der Waals surface area contributed by atoms with Crippen molar-refractivity contribution < 1.29 is 9.18 Å². The predicted octanol–water partition coefficient (Wildman–Crippen LogP) is 2.97. The van der Waals surface area contributed by atoms with Gasteiger partial charge in [0, 0.05) is 31.1 Å². The first-order valence-electron chi connectivity index (χ1n) is 9.66. The maximum absolute atomic E-state index is 14.0. The van der Waals surface area contributed by atoms with Gasteiger partial charge in [0.1, 0.15) is 5.83 Å². The SMILES string of the molecule is CC1=CC=C(F)C(C)C1C1CCN(C(=O)c2n[nH]c3c2CCNC3)CC1. The third-order valence-electron chi connectivity index (χ3n) is 6.35. The minimum atomic E-state index is -0.0573. The standard InChI is InChI=1S/C20H27FN4O/c1-12-3-4-16(21)13(2)18(12)14-6-9-25(10-7-14)20(26)19-15-5-8-22-11-17(15)23-24-19/h3-4,13-14,18,22H,5-11H2,1-2H3,(H,23,24). The minimum absolute atomic E-state index is 0.0177. The van der Waals surface area contributed by atoms with Gasteiger partial charge in [0.2, 0.25) is 0 Å². The second-order valence-electron chi connectivity index (χ2n) is 7.86. The van der Waals surface area contributed by atoms with Crippen molar-refractivity contribution in [3.05, 3.63) is 40.5 Å². The summed E-state index contributed by atoms with van der Waals surface area (Å²) < 4.78 is 14.0. The number of rotatable bonds is 2. The molecule has 0 aromatic carbocycles. The molecule has 3 aliphatic rings. The van der Waals surface area contributed by atoms with E-state index in [0.29, 0.717) is 11.6 Å². The number of carbonyl (C=O) groups excluding carboxylic acids is 1. The zero-order valence-electron chi connectivity index (χ0n) is 15.5. The van der Waals surface area contributed by atoms with Gasteiger partial charge in [0.25, 0.3) is 5.91 Å². The van der Waals surface area contributed by atoms with E-state index in [-0.39, 0.29) is 23.6 Å². The van der Waals surface area contributed by atoms with Crippen molar-refractivity contribution in [1.29, 1.82) is 0 Å². The topological polar surface area (TPSA) is 61.0 Å². The molecule has 26 heavy (non-hydrogen) atoms. The molecule has 0 bridgehead atoms. The third kappa shape index (κ3) is 3.00. The summed E-state index contributed by atoms with van der Waals surface area (Å²) in [6.07, 6.45) is 6.21. The van der Waals surface area contributed by atoms with Crippen LogP contribution in [0, 0.1) is 17.8 Å². The molecule has 0 spiro atoms. The van der Waals surface area contributed by atoms with Crippen LogP contribution in [-0.4, -0.2) is 40.6 Å². The van der Waals surface area contributed by atoms with Crippen LogP contribution >= 0.6 is 0 Å². The van der Waals surface area contributed by atoms with Crippen LogP contribution in [-0.2, 0) is 13.0 Å². The number of likely N-dealkylation sites (tertiary alicyclic amines) is 1. The molecule has 0 saturated carbocycles. The molecule has 6 heteroatoms. The maximum Gasteiger partial charge on any atom is 0.274 e. The number of nitrogens with one attached hydrogen (secondary N) is 2. The van der Waals surface area contributed by atoms with E-state index in [1.54, 1.807) is 6.08 Å². The minimum Gasteiger partial charge on any atom is -0.337 e. The van der Waals surface area contributed by atoms with E-state index < -0.39 is 0 Å². The molecule has 1 aliphatic carbocycles. The van der Waals surface area contributed by atoms with Crippen molar-refractivity contribution in [2.24, 2.45) is 17.8 Å². The monoisotopic (exact) mass is 358 g/mol. The average Bonchev–Trinajstić information content (AvgIpc) is 3.09. The Morgan fingerprint density at radius 2 is 2.08 bits per heavy atom. The number of nitrogens with zero attached hydrogens (tertiary/aromatic N) is 2. The fourth-order valence-corrected chi connectivity index (χ4v) is 4.85. The number of carbonyl (C=O) groups is 1. The number of aromatic nitrogens is 2. The highest BCUT2D eigenvalue weighted by atomic mass is 19.1. The number of hydrogen-bond donors (Lipinski definition) is 2. The normalized spacial score (nSPS) is 27.0. The summed E-state index contributed by atoms with van der Waals surface area (Å²) in [5, 5.41) is 10.6. The van der Waals surface area contributed by atoms with Gasteiger partial charge in [-0.25, -0.2) is 4.39 Å². The highest BCUT2D eigenvalue weighted by molar-refractivity contribution is 5.94. The van der Waals surface area contributed by atoms with Gasteiger partial charge in [0.05, 0.1) is 5.69 Å². The predicted molar refractivity (Wildman–Crippen MR) is 98.2 cm³/mol. The van der Waals surface area contributed by atoms with Gasteiger partial charge in [-0.1, -0.05) is 18.6 Å². The molecule has 1 aromatic heterocycles. The van der Waals surface area contributed by atoms with Crippen molar-refractivity contribution in [2.45, 2.75) is 39.7 Å². The Hall–Kier alpha value is -1.95. The van der Waals surface area contributed by atoms with Gasteiger partial charge >= 0.3 is 0 Å². The van der Waals surface area contributed by atoms with Crippen LogP contribution in [0.2, 0.25) is 0 Å². The van der Waals surface area contributed by atoms with Crippen LogP contribution < -0.4 is 5.32 Å². The summed E-state index contributed by atoms with van der Waals surface area (Å²) >= 11 is 0. The number of allylic oxidation sites excluding steroid dienone is 4. The van der Waals surface area contributed by atoms with Gasteiger partial charge in [0.15, 0.2) is 5.69 Å². The lowest BCUT2D eigenvalue weighted by atomic mass is 9.71. The molecule has 4 rings (SSSR count). The van der Waals surface area contributed by atoms with Crippen molar-refractivity contribution in [3.8, 4) is 0 Å². The first-order valence-corrected chi connectivity index (χ1v) is 9.66. The van der Waals surface area contributed by atoms with Crippen LogP contribution in [0.25, 0.3) is 0 Å². The molecule has 2 atom stereocenters. The molecule has 1 saturated heterocycles. The van der Waals surface area contributed by atoms with Crippen LogP contribution in [0.15, 0.2) is 23.6 Å². The quantitative estimate of drug-likeness (QED) is 0.854. The lowest BCUT2D eigenvalue weighted by molar-refractivity contribution is 0.0644. The molecule has 0 radical (unpaired) electrons. The summed E-state index contributed by atoms with van der Waals surface area (Å²) in [6.45, 7) is 7.18. The van der Waals surface area contributed by atoms with Crippen molar-refractivity contribution in [1.82, 2.24) is 20.4 Å². The summed E-state index contributed by atoms with van der Waals surface area (Å²) in [6, 6.07) is 0. The molecule has 1 amide bonds. The molecular weight excluding hydrogens is 331 g/mol. The highest BCUT2D eigenvalue weighted by Gasteiger charge is 2.36. The van der Waals surface area contributed by atoms with Crippen LogP contribution in [0.4, 0.5) is 4.39 Å². The fourth-order valence-electron chi connectivity index (χ4n) is 4.85. The maximum atomic E-state index is 14.0. The van der Waals surface area contributed by atoms with E-state index in [9.17, 15) is 9.18 Å². The van der Waals surface area contributed by atoms with Crippen molar-refractivity contribution >= 4 is 5.91 Å². The van der Waals surface area contributed by atoms with Crippen molar-refractivity contribution in [2.75, 3.05) is 19.6 Å². The lowest BCUT2D eigenvalue weighted by Gasteiger charge is -2.39. The fraction of sp³-hybridized carbons (Fsp3) is 0.600. The Bertz CT molecular complexity index is 758. The van der Waals surface area contributed by atoms with E-state index in [1.807, 2.05) is 17.9 Å². The van der Waals surface area contributed by atoms with Gasteiger partial charge in [-0.15, -0.1) is 0 Å². The largest absolute Gasteiger partial charge is 0.337 e. The zero-order valence-corrected chi connectivity index (χ0v) is 15.5. The zero-order chi connectivity index (χ0) is 18.3. The Morgan fingerprint density at radius 3 is 2.85 bits per heavy atom. The number of hydrogen-bond acceptors (Lipinski definition) is 3. The van der Waals surface area contributed by atoms with Gasteiger partial charge in [-0.05, 0) is 50.6 Å². The lowest BCUT2D eigenvalue weighted by Crippen LogP contribution is -2.42. The molecule has 2 unspecified atom stereocenters. The van der Waals surface area contributed by atoms with E-state index in [1.165, 1.54) is 5.57 Å². The van der Waals surface area contributed by atoms with Crippen LogP contribution in [0.3, 0.4) is 0 Å². The van der Waals surface area contributed by atoms with Gasteiger partial charge in [-0.3, -0.25) is 9.89 Å². The molecule has 2 aliphatic heterocycles. The Labute approximate surface area is 153 Å². The van der Waals surface area contributed by atoms with E-state index in [4.69, 9.17) is 0 Å². The van der Waals surface area contributed by atoms with Gasteiger partial charge in [-0.2, -0.15) is 5.10 Å². The first kappa shape index (κ1) is 17.5. The molecule has 2 N–H and O–H groups in total. The molecular formula is C20H27FN4O. The number of fused-ring (bicyclic) bond motifs is 1. The van der Waals surface area contributed by atoms with E-state index >= 15 is 0 Å². The Kier molecular flexibility index (Phi) is 4.69. The Balaban J connectivity index is 1.42. The summed E-state index contributed by atoms with van der Waals surface area (Å²) in [7, 11) is 0. The van der Waals surface area contributed by atoms with E-state index in [2.05, 4.69) is 22.4 Å². The second-order valence-corrected chi connectivity index (χ2v) is 7.86. The van der Waals surface area contributed by atoms with Crippen LogP contribution in [0.5, 0.6) is 0 Å². The Morgan fingerprint density at radius 1 is 1.31 bits per heavy atom. The summed E-state index contributed by atoms with van der Waals surface area (Å²) in [5.41, 5.74) is 3.96.